The third kappa shape index (κ3) is 3.48. The summed E-state index contributed by atoms with van der Waals surface area (Å²) in [6, 6.07) is 10.9. The first-order valence-electron chi connectivity index (χ1n) is 7.63. The highest BCUT2D eigenvalue weighted by Gasteiger charge is 2.20. The molecule has 0 fully saturated rings. The summed E-state index contributed by atoms with van der Waals surface area (Å²) >= 11 is 12.3. The van der Waals surface area contributed by atoms with Gasteiger partial charge in [-0.1, -0.05) is 23.2 Å². The summed E-state index contributed by atoms with van der Waals surface area (Å²) < 4.78 is 5.62. The van der Waals surface area contributed by atoms with Gasteiger partial charge in [-0.2, -0.15) is 15.8 Å². The van der Waals surface area contributed by atoms with Crippen molar-refractivity contribution >= 4 is 39.9 Å². The van der Waals surface area contributed by atoms with E-state index in [4.69, 9.17) is 38.1 Å². The molecule has 26 heavy (non-hydrogen) atoms. The molecule has 0 bridgehead atoms. The van der Waals surface area contributed by atoms with Crippen molar-refractivity contribution in [3.05, 3.63) is 57.4 Å². The van der Waals surface area contributed by atoms with Crippen molar-refractivity contribution in [3.63, 3.8) is 0 Å². The molecule has 0 spiro atoms. The maximum atomic E-state index is 9.48. The van der Waals surface area contributed by atoms with Crippen LogP contribution in [0.4, 0.5) is 0 Å². The predicted octanol–water partition coefficient (Wildman–Crippen LogP) is 5.26. The number of fused-ring (bicyclic) bond motifs is 1. The third-order valence-electron chi connectivity index (χ3n) is 3.89. The first-order chi connectivity index (χ1) is 12.5. The highest BCUT2D eigenvalue weighted by atomic mass is 35.5. The van der Waals surface area contributed by atoms with Gasteiger partial charge in [0.05, 0.1) is 12.1 Å². The van der Waals surface area contributed by atoms with Crippen LogP contribution >= 0.6 is 23.2 Å². The number of nitrogens with zero attached hydrogens (tertiary/aromatic N) is 4. The fraction of sp³-hybridized carbons (Fsp3) is 0.158. The van der Waals surface area contributed by atoms with Gasteiger partial charge in [-0.05, 0) is 54.3 Å². The molecule has 126 valence electrons. The van der Waals surface area contributed by atoms with Crippen LogP contribution in [-0.2, 0) is 0 Å². The maximum absolute atomic E-state index is 9.48. The summed E-state index contributed by atoms with van der Waals surface area (Å²) in [6.45, 7) is 0. The number of hydrogen-bond donors (Lipinski definition) is 0. The lowest BCUT2D eigenvalue weighted by molar-refractivity contribution is 0.586. The van der Waals surface area contributed by atoms with E-state index in [0.29, 0.717) is 34.0 Å². The van der Waals surface area contributed by atoms with E-state index in [0.717, 1.165) is 11.1 Å². The molecule has 1 aromatic heterocycles. The zero-order valence-electron chi connectivity index (χ0n) is 13.3. The molecule has 0 unspecified atom stereocenters. The minimum atomic E-state index is -0.848. The van der Waals surface area contributed by atoms with Crippen molar-refractivity contribution in [2.45, 2.75) is 12.8 Å². The van der Waals surface area contributed by atoms with Crippen LogP contribution in [0.15, 0.2) is 50.9 Å². The number of allylic oxidation sites excluding steroid dienone is 6. The van der Waals surface area contributed by atoms with E-state index in [1.54, 1.807) is 30.4 Å². The molecular formula is C19H10Cl2N4O. The smallest absolute Gasteiger partial charge is 0.238 e. The summed E-state index contributed by atoms with van der Waals surface area (Å²) in [4.78, 5) is 4.30. The Morgan fingerprint density at radius 3 is 2.65 bits per heavy atom. The molecule has 7 heteroatoms. The van der Waals surface area contributed by atoms with E-state index in [2.05, 4.69) is 11.1 Å². The highest BCUT2D eigenvalue weighted by molar-refractivity contribution is 6.33. The van der Waals surface area contributed by atoms with E-state index < -0.39 is 5.92 Å². The van der Waals surface area contributed by atoms with Crippen molar-refractivity contribution in [3.8, 4) is 18.2 Å². The molecule has 1 aliphatic rings. The number of halogens is 2. The molecule has 3 rings (SSSR count). The van der Waals surface area contributed by atoms with E-state index in [1.165, 1.54) is 0 Å². The normalized spacial score (nSPS) is 16.2. The Bertz CT molecular complexity index is 1090. The van der Waals surface area contributed by atoms with Gasteiger partial charge >= 0.3 is 0 Å². The quantitative estimate of drug-likeness (QED) is 0.675. The van der Waals surface area contributed by atoms with Gasteiger partial charge in [0.1, 0.15) is 17.2 Å². The highest BCUT2D eigenvalue weighted by Crippen LogP contribution is 2.37. The average Bonchev–Trinajstić information content (AvgIpc) is 3.21. The summed E-state index contributed by atoms with van der Waals surface area (Å²) in [5, 5.41) is 28.3. The molecule has 0 N–H and O–H groups in total. The van der Waals surface area contributed by atoms with Crippen LogP contribution in [0.1, 0.15) is 18.7 Å². The fourth-order valence-electron chi connectivity index (χ4n) is 2.62. The van der Waals surface area contributed by atoms with Gasteiger partial charge < -0.3 is 4.42 Å². The van der Waals surface area contributed by atoms with Crippen molar-refractivity contribution in [2.75, 3.05) is 0 Å². The van der Waals surface area contributed by atoms with Crippen molar-refractivity contribution < 1.29 is 4.42 Å². The van der Waals surface area contributed by atoms with Crippen LogP contribution in [0.2, 0.25) is 5.02 Å². The van der Waals surface area contributed by atoms with E-state index in [9.17, 15) is 5.26 Å². The van der Waals surface area contributed by atoms with Crippen molar-refractivity contribution in [1.82, 2.24) is 4.98 Å². The van der Waals surface area contributed by atoms with Crippen molar-refractivity contribution in [2.24, 2.45) is 5.92 Å². The minimum Gasteiger partial charge on any atom is -0.435 e. The molecule has 0 aliphatic heterocycles. The van der Waals surface area contributed by atoms with Gasteiger partial charge in [0.2, 0.25) is 5.89 Å². The third-order valence-corrected chi connectivity index (χ3v) is 4.61. The second kappa shape index (κ2) is 7.46. The van der Waals surface area contributed by atoms with Crippen LogP contribution in [-0.4, -0.2) is 4.98 Å². The molecular weight excluding hydrogens is 371 g/mol. The molecule has 0 saturated carbocycles. The van der Waals surface area contributed by atoms with Crippen LogP contribution in [0.5, 0.6) is 0 Å². The van der Waals surface area contributed by atoms with E-state index in [1.807, 2.05) is 12.1 Å². The molecule has 1 aromatic carbocycles. The van der Waals surface area contributed by atoms with Gasteiger partial charge in [0.25, 0.3) is 0 Å². The van der Waals surface area contributed by atoms with Crippen LogP contribution < -0.4 is 0 Å². The zero-order valence-corrected chi connectivity index (χ0v) is 14.8. The Kier molecular flexibility index (Phi) is 5.10. The first-order valence-corrected chi connectivity index (χ1v) is 8.38. The molecule has 5 nitrogen and oxygen atoms in total. The second-order valence-corrected chi connectivity index (χ2v) is 6.38. The summed E-state index contributed by atoms with van der Waals surface area (Å²) in [7, 11) is 0. The molecule has 1 heterocycles. The van der Waals surface area contributed by atoms with Gasteiger partial charge in [-0.3, -0.25) is 0 Å². The molecule has 1 aliphatic carbocycles. The molecule has 0 saturated heterocycles. The number of oxazole rings is 1. The largest absolute Gasteiger partial charge is 0.435 e. The molecule has 2 aromatic rings. The van der Waals surface area contributed by atoms with Gasteiger partial charge in [0.15, 0.2) is 11.5 Å². The SMILES string of the molecule is N#CC(=CC1=C(Cl)C(=CC(C#N)C#N)CC1)c1nc2cc(Cl)ccc2o1. The molecule has 0 atom stereocenters. The van der Waals surface area contributed by atoms with Crippen LogP contribution in [0.3, 0.4) is 0 Å². The predicted molar refractivity (Wildman–Crippen MR) is 97.5 cm³/mol. The maximum Gasteiger partial charge on any atom is 0.238 e. The lowest BCUT2D eigenvalue weighted by atomic mass is 10.1. The number of rotatable bonds is 3. The lowest BCUT2D eigenvalue weighted by Crippen LogP contribution is -1.89. The Morgan fingerprint density at radius 2 is 1.96 bits per heavy atom. The van der Waals surface area contributed by atoms with Crippen LogP contribution in [0.25, 0.3) is 16.7 Å². The Balaban J connectivity index is 1.99. The Hall–Kier alpha value is -3.04. The summed E-state index contributed by atoms with van der Waals surface area (Å²) in [5.41, 5.74) is 2.80. The van der Waals surface area contributed by atoms with E-state index >= 15 is 0 Å². The average molecular weight is 381 g/mol. The number of hydrogen-bond acceptors (Lipinski definition) is 5. The molecule has 0 radical (unpaired) electrons. The fourth-order valence-corrected chi connectivity index (χ4v) is 3.10. The second-order valence-electron chi connectivity index (χ2n) is 5.57. The number of benzene rings is 1. The molecule has 0 amide bonds. The standard InChI is InChI=1S/C19H10Cl2N4O/c20-15-3-4-17-16(7-15)25-19(26-17)14(10-24)6-13-2-1-12(18(13)21)5-11(8-22)9-23/h3-7,11H,1-2H2. The Morgan fingerprint density at radius 1 is 1.19 bits per heavy atom. The summed E-state index contributed by atoms with van der Waals surface area (Å²) in [5.74, 6) is -0.662. The monoisotopic (exact) mass is 380 g/mol. The van der Waals surface area contributed by atoms with Gasteiger partial charge in [-0.15, -0.1) is 0 Å². The number of aromatic nitrogens is 1. The topological polar surface area (TPSA) is 97.4 Å². The van der Waals surface area contributed by atoms with Crippen molar-refractivity contribution in [1.29, 1.82) is 15.8 Å². The van der Waals surface area contributed by atoms with Crippen LogP contribution in [0, 0.1) is 39.9 Å². The number of nitriles is 3. The zero-order chi connectivity index (χ0) is 18.7. The minimum absolute atomic E-state index is 0.186. The Labute approximate surface area is 159 Å². The first kappa shape index (κ1) is 17.8. The van der Waals surface area contributed by atoms with Gasteiger partial charge in [-0.25, -0.2) is 4.98 Å². The van der Waals surface area contributed by atoms with Gasteiger partial charge in [0, 0.05) is 10.1 Å². The lowest BCUT2D eigenvalue weighted by Gasteiger charge is -1.98. The summed E-state index contributed by atoms with van der Waals surface area (Å²) in [6.07, 6.45) is 4.39. The van der Waals surface area contributed by atoms with E-state index in [-0.39, 0.29) is 11.5 Å².